The van der Waals surface area contributed by atoms with Gasteiger partial charge in [-0.05, 0) is 33.2 Å². The summed E-state index contributed by atoms with van der Waals surface area (Å²) in [6.07, 6.45) is 7.19. The summed E-state index contributed by atoms with van der Waals surface area (Å²) in [6, 6.07) is 2.37. The van der Waals surface area contributed by atoms with Crippen molar-refractivity contribution in [2.75, 3.05) is 11.9 Å². The SMILES string of the molecule is Cc1csc(Nc2cc([C@@H]3CCCCN3Cc3cnc[nH]3)nc(C)n2)n1. The van der Waals surface area contributed by atoms with Crippen LogP contribution in [0.1, 0.15) is 48.2 Å². The van der Waals surface area contributed by atoms with E-state index in [-0.39, 0.29) is 0 Å². The second kappa shape index (κ2) is 7.51. The van der Waals surface area contributed by atoms with Crippen LogP contribution in [0, 0.1) is 13.8 Å². The van der Waals surface area contributed by atoms with Crippen LogP contribution in [0.25, 0.3) is 0 Å². The van der Waals surface area contributed by atoms with Crippen LogP contribution < -0.4 is 5.32 Å². The Labute approximate surface area is 156 Å². The van der Waals surface area contributed by atoms with E-state index in [0.717, 1.165) is 53.4 Å². The first-order valence-corrected chi connectivity index (χ1v) is 9.81. The summed E-state index contributed by atoms with van der Waals surface area (Å²) in [7, 11) is 0. The number of aryl methyl sites for hydroxylation is 2. The first kappa shape index (κ1) is 17.1. The topological polar surface area (TPSA) is 82.6 Å². The molecule has 3 aromatic heterocycles. The Morgan fingerprint density at radius 3 is 2.96 bits per heavy atom. The smallest absolute Gasteiger partial charge is 0.188 e. The number of hydrogen-bond donors (Lipinski definition) is 2. The van der Waals surface area contributed by atoms with Crippen molar-refractivity contribution in [1.82, 2.24) is 29.8 Å². The van der Waals surface area contributed by atoms with Gasteiger partial charge < -0.3 is 10.3 Å². The van der Waals surface area contributed by atoms with E-state index >= 15 is 0 Å². The van der Waals surface area contributed by atoms with Gasteiger partial charge in [-0.3, -0.25) is 4.90 Å². The van der Waals surface area contributed by atoms with Gasteiger partial charge in [-0.2, -0.15) is 0 Å². The number of imidazole rings is 1. The molecular formula is C18H23N7S. The maximum atomic E-state index is 4.75. The highest BCUT2D eigenvalue weighted by Gasteiger charge is 2.26. The van der Waals surface area contributed by atoms with E-state index in [1.807, 2.05) is 25.4 Å². The molecule has 0 unspecified atom stereocenters. The molecule has 1 fully saturated rings. The third-order valence-corrected chi connectivity index (χ3v) is 5.47. The molecule has 1 atom stereocenters. The highest BCUT2D eigenvalue weighted by Crippen LogP contribution is 2.32. The molecule has 7 nitrogen and oxygen atoms in total. The Morgan fingerprint density at radius 2 is 2.19 bits per heavy atom. The number of likely N-dealkylation sites (tertiary alicyclic amines) is 1. The van der Waals surface area contributed by atoms with Crippen molar-refractivity contribution in [3.8, 4) is 0 Å². The maximum Gasteiger partial charge on any atom is 0.188 e. The molecule has 0 spiro atoms. The van der Waals surface area contributed by atoms with Gasteiger partial charge in [-0.15, -0.1) is 11.3 Å². The summed E-state index contributed by atoms with van der Waals surface area (Å²) < 4.78 is 0. The standard InChI is InChI=1S/C18H23N7S/c1-12-10-26-18(21-12)24-17-7-15(22-13(2)23-17)16-5-3-4-6-25(16)9-14-8-19-11-20-14/h7-8,10-11,16H,3-6,9H2,1-2H3,(H,19,20)(H,21,22,23,24)/t16-/m0/s1. The molecule has 0 aliphatic carbocycles. The van der Waals surface area contributed by atoms with Crippen LogP contribution in [0.2, 0.25) is 0 Å². The summed E-state index contributed by atoms with van der Waals surface area (Å²) in [5.74, 6) is 1.60. The fraction of sp³-hybridized carbons (Fsp3) is 0.444. The molecule has 2 N–H and O–H groups in total. The predicted molar refractivity (Wildman–Crippen MR) is 102 cm³/mol. The molecule has 0 radical (unpaired) electrons. The second-order valence-corrected chi connectivity index (χ2v) is 7.56. The van der Waals surface area contributed by atoms with E-state index in [2.05, 4.69) is 36.2 Å². The van der Waals surface area contributed by atoms with E-state index in [9.17, 15) is 0 Å². The molecule has 26 heavy (non-hydrogen) atoms. The van der Waals surface area contributed by atoms with Crippen LogP contribution in [0.4, 0.5) is 10.9 Å². The lowest BCUT2D eigenvalue weighted by atomic mass is 9.98. The minimum atomic E-state index is 0.298. The van der Waals surface area contributed by atoms with Gasteiger partial charge in [0.05, 0.1) is 23.8 Å². The highest BCUT2D eigenvalue weighted by atomic mass is 32.1. The summed E-state index contributed by atoms with van der Waals surface area (Å²) in [4.78, 5) is 23.6. The molecule has 1 saturated heterocycles. The first-order valence-electron chi connectivity index (χ1n) is 8.93. The number of nitrogens with one attached hydrogen (secondary N) is 2. The molecule has 4 heterocycles. The molecular weight excluding hydrogens is 346 g/mol. The summed E-state index contributed by atoms with van der Waals surface area (Å²) in [5, 5.41) is 6.22. The van der Waals surface area contributed by atoms with Gasteiger partial charge in [0.15, 0.2) is 5.13 Å². The van der Waals surface area contributed by atoms with Crippen molar-refractivity contribution in [2.45, 2.75) is 45.7 Å². The van der Waals surface area contributed by atoms with Crippen molar-refractivity contribution in [2.24, 2.45) is 0 Å². The van der Waals surface area contributed by atoms with Crippen LogP contribution in [0.3, 0.4) is 0 Å². The van der Waals surface area contributed by atoms with Crippen molar-refractivity contribution in [3.63, 3.8) is 0 Å². The Balaban J connectivity index is 1.58. The van der Waals surface area contributed by atoms with E-state index < -0.39 is 0 Å². The Morgan fingerprint density at radius 1 is 1.27 bits per heavy atom. The molecule has 0 aromatic carbocycles. The quantitative estimate of drug-likeness (QED) is 0.713. The molecule has 1 aliphatic heterocycles. The largest absolute Gasteiger partial charge is 0.347 e. The van der Waals surface area contributed by atoms with Crippen molar-refractivity contribution in [3.05, 3.63) is 46.9 Å². The maximum absolute atomic E-state index is 4.75. The number of rotatable bonds is 5. The van der Waals surface area contributed by atoms with Crippen LogP contribution in [0.5, 0.6) is 0 Å². The number of hydrogen-bond acceptors (Lipinski definition) is 7. The zero-order valence-electron chi connectivity index (χ0n) is 15.1. The van der Waals surface area contributed by atoms with Gasteiger partial charge in [-0.1, -0.05) is 6.42 Å². The second-order valence-electron chi connectivity index (χ2n) is 6.70. The first-order chi connectivity index (χ1) is 12.7. The number of anilines is 2. The van der Waals surface area contributed by atoms with Crippen LogP contribution in [-0.2, 0) is 6.54 Å². The number of aromatic nitrogens is 5. The molecule has 0 bridgehead atoms. The van der Waals surface area contributed by atoms with Gasteiger partial charge in [-0.25, -0.2) is 19.9 Å². The molecule has 3 aromatic rings. The number of piperidine rings is 1. The molecule has 8 heteroatoms. The third kappa shape index (κ3) is 3.91. The lowest BCUT2D eigenvalue weighted by Crippen LogP contribution is -2.33. The van der Waals surface area contributed by atoms with E-state index in [4.69, 9.17) is 4.98 Å². The zero-order valence-corrected chi connectivity index (χ0v) is 15.9. The molecule has 1 aliphatic rings. The number of thiazole rings is 1. The zero-order chi connectivity index (χ0) is 17.9. The van der Waals surface area contributed by atoms with Gasteiger partial charge in [0.25, 0.3) is 0 Å². The lowest BCUT2D eigenvalue weighted by molar-refractivity contribution is 0.135. The number of aromatic amines is 1. The highest BCUT2D eigenvalue weighted by molar-refractivity contribution is 7.13. The van der Waals surface area contributed by atoms with E-state index in [0.29, 0.717) is 6.04 Å². The van der Waals surface area contributed by atoms with Gasteiger partial charge in [0.1, 0.15) is 11.6 Å². The minimum Gasteiger partial charge on any atom is -0.347 e. The minimum absolute atomic E-state index is 0.298. The molecule has 4 rings (SSSR count). The third-order valence-electron chi connectivity index (χ3n) is 4.60. The Bertz CT molecular complexity index is 858. The van der Waals surface area contributed by atoms with Crippen molar-refractivity contribution in [1.29, 1.82) is 0 Å². The summed E-state index contributed by atoms with van der Waals surface area (Å²) in [6.45, 7) is 5.88. The van der Waals surface area contributed by atoms with Crippen molar-refractivity contribution >= 4 is 22.3 Å². The predicted octanol–water partition coefficient (Wildman–Crippen LogP) is 3.74. The van der Waals surface area contributed by atoms with Crippen LogP contribution in [-0.4, -0.2) is 36.4 Å². The Hall–Kier alpha value is -2.32. The fourth-order valence-corrected chi connectivity index (χ4v) is 4.15. The normalized spacial score (nSPS) is 18.2. The molecule has 0 saturated carbocycles. The molecule has 0 amide bonds. The van der Waals surface area contributed by atoms with Gasteiger partial charge in [0.2, 0.25) is 0 Å². The van der Waals surface area contributed by atoms with Crippen LogP contribution in [0.15, 0.2) is 24.0 Å². The summed E-state index contributed by atoms with van der Waals surface area (Å²) in [5.41, 5.74) is 3.23. The monoisotopic (exact) mass is 369 g/mol. The van der Waals surface area contributed by atoms with E-state index in [1.54, 1.807) is 17.7 Å². The molecule has 136 valence electrons. The number of nitrogens with zero attached hydrogens (tertiary/aromatic N) is 5. The van der Waals surface area contributed by atoms with Gasteiger partial charge in [0, 0.05) is 29.9 Å². The summed E-state index contributed by atoms with van der Waals surface area (Å²) >= 11 is 1.59. The lowest BCUT2D eigenvalue weighted by Gasteiger charge is -2.35. The number of H-pyrrole nitrogens is 1. The van der Waals surface area contributed by atoms with Gasteiger partial charge >= 0.3 is 0 Å². The fourth-order valence-electron chi connectivity index (χ4n) is 3.45. The average molecular weight is 369 g/mol. The Kier molecular flexibility index (Phi) is 4.94. The van der Waals surface area contributed by atoms with Crippen molar-refractivity contribution < 1.29 is 0 Å². The van der Waals surface area contributed by atoms with Crippen LogP contribution >= 0.6 is 11.3 Å². The van der Waals surface area contributed by atoms with E-state index in [1.165, 1.54) is 12.8 Å². The average Bonchev–Trinajstić information content (AvgIpc) is 3.27.